The molecule has 7 nitrogen and oxygen atoms in total. The smallest absolute Gasteiger partial charge is 0.293 e. The number of rotatable bonds is 4. The molecule has 1 aliphatic carbocycles. The molecule has 2 aliphatic rings. The molecule has 1 saturated heterocycles. The van der Waals surface area contributed by atoms with Crippen molar-refractivity contribution in [1.29, 1.82) is 0 Å². The van der Waals surface area contributed by atoms with Crippen LogP contribution in [-0.4, -0.2) is 39.2 Å². The van der Waals surface area contributed by atoms with Crippen molar-refractivity contribution in [2.75, 3.05) is 18.0 Å². The lowest BCUT2D eigenvalue weighted by Gasteiger charge is -2.33. The highest BCUT2D eigenvalue weighted by molar-refractivity contribution is 5.93. The summed E-state index contributed by atoms with van der Waals surface area (Å²) in [6, 6.07) is 4.31. The van der Waals surface area contributed by atoms with E-state index in [2.05, 4.69) is 14.9 Å². The minimum absolute atomic E-state index is 0.0236. The van der Waals surface area contributed by atoms with Gasteiger partial charge in [0.15, 0.2) is 5.82 Å². The normalized spacial score (nSPS) is 20.5. The van der Waals surface area contributed by atoms with E-state index in [4.69, 9.17) is 0 Å². The Kier molecular flexibility index (Phi) is 4.07. The molecule has 2 fully saturated rings. The molecule has 2 aromatic rings. The van der Waals surface area contributed by atoms with E-state index in [1.807, 2.05) is 23.2 Å². The number of aromatic nitrogens is 3. The quantitative estimate of drug-likeness (QED) is 0.910. The molecule has 0 spiro atoms. The lowest BCUT2D eigenvalue weighted by atomic mass is 10.1. The van der Waals surface area contributed by atoms with Gasteiger partial charge in [0.1, 0.15) is 5.69 Å². The van der Waals surface area contributed by atoms with Crippen molar-refractivity contribution >= 4 is 11.7 Å². The summed E-state index contributed by atoms with van der Waals surface area (Å²) in [4.78, 5) is 31.2. The first-order chi connectivity index (χ1) is 12.1. The average Bonchev–Trinajstić information content (AvgIpc) is 3.34. The lowest BCUT2D eigenvalue weighted by molar-refractivity contribution is 0.0923. The Balaban J connectivity index is 1.46. The summed E-state index contributed by atoms with van der Waals surface area (Å²) in [6.45, 7) is 1.40. The maximum absolute atomic E-state index is 12.7. The van der Waals surface area contributed by atoms with E-state index in [-0.39, 0.29) is 17.5 Å². The Morgan fingerprint density at radius 3 is 2.92 bits per heavy atom. The SMILES string of the molecule is Cn1ccnc(N2CCC[C@@H](NC(=O)c3cccn3C3CC3)C2)c1=O. The summed E-state index contributed by atoms with van der Waals surface area (Å²) in [5.74, 6) is 0.433. The van der Waals surface area contributed by atoms with Crippen molar-refractivity contribution < 1.29 is 4.79 Å². The summed E-state index contributed by atoms with van der Waals surface area (Å²) in [7, 11) is 1.72. The van der Waals surface area contributed by atoms with Crippen LogP contribution in [0, 0.1) is 0 Å². The standard InChI is InChI=1S/C18H23N5O2/c1-21-11-8-19-16(18(21)25)22-9-2-4-13(12-22)20-17(24)15-5-3-10-23(15)14-6-7-14/h3,5,8,10-11,13-14H,2,4,6-7,9,12H2,1H3,(H,20,24)/t13-/m1/s1. The molecule has 3 heterocycles. The fourth-order valence-electron chi connectivity index (χ4n) is 3.51. The Labute approximate surface area is 146 Å². The van der Waals surface area contributed by atoms with E-state index in [0.29, 0.717) is 18.4 Å². The molecular weight excluding hydrogens is 318 g/mol. The van der Waals surface area contributed by atoms with Crippen LogP contribution < -0.4 is 15.8 Å². The van der Waals surface area contributed by atoms with E-state index in [0.717, 1.165) is 37.9 Å². The second-order valence-corrected chi connectivity index (χ2v) is 6.96. The third-order valence-corrected chi connectivity index (χ3v) is 5.01. The topological polar surface area (TPSA) is 72.2 Å². The highest BCUT2D eigenvalue weighted by Gasteiger charge is 2.29. The van der Waals surface area contributed by atoms with Crippen LogP contribution >= 0.6 is 0 Å². The molecule has 4 rings (SSSR count). The molecule has 1 aliphatic heterocycles. The molecule has 0 unspecified atom stereocenters. The minimum Gasteiger partial charge on any atom is -0.350 e. The molecule has 1 N–H and O–H groups in total. The van der Waals surface area contributed by atoms with Crippen LogP contribution in [0.1, 0.15) is 42.2 Å². The Morgan fingerprint density at radius 2 is 2.12 bits per heavy atom. The maximum Gasteiger partial charge on any atom is 0.293 e. The Bertz CT molecular complexity index is 836. The number of amides is 1. The first-order valence-corrected chi connectivity index (χ1v) is 8.88. The molecule has 25 heavy (non-hydrogen) atoms. The van der Waals surface area contributed by atoms with Gasteiger partial charge in [0.2, 0.25) is 0 Å². The number of carbonyl (C=O) groups is 1. The van der Waals surface area contributed by atoms with Gasteiger partial charge in [0, 0.05) is 50.8 Å². The number of hydrogen-bond acceptors (Lipinski definition) is 4. The van der Waals surface area contributed by atoms with Gasteiger partial charge < -0.3 is 19.4 Å². The number of hydrogen-bond donors (Lipinski definition) is 1. The van der Waals surface area contributed by atoms with Gasteiger partial charge in [0.25, 0.3) is 11.5 Å². The van der Waals surface area contributed by atoms with Crippen LogP contribution in [0.25, 0.3) is 0 Å². The maximum atomic E-state index is 12.7. The van der Waals surface area contributed by atoms with Gasteiger partial charge in [-0.3, -0.25) is 9.59 Å². The van der Waals surface area contributed by atoms with Gasteiger partial charge in [-0.15, -0.1) is 0 Å². The van der Waals surface area contributed by atoms with E-state index in [1.165, 1.54) is 4.57 Å². The van der Waals surface area contributed by atoms with Crippen molar-refractivity contribution in [3.8, 4) is 0 Å². The molecule has 1 atom stereocenters. The van der Waals surface area contributed by atoms with Crippen molar-refractivity contribution in [3.05, 3.63) is 46.8 Å². The number of nitrogens with zero attached hydrogens (tertiary/aromatic N) is 4. The van der Waals surface area contributed by atoms with Crippen LogP contribution in [0.4, 0.5) is 5.82 Å². The van der Waals surface area contributed by atoms with Crippen molar-refractivity contribution in [3.63, 3.8) is 0 Å². The van der Waals surface area contributed by atoms with Gasteiger partial charge in [-0.2, -0.15) is 0 Å². The lowest BCUT2D eigenvalue weighted by Crippen LogP contribution is -2.49. The van der Waals surface area contributed by atoms with E-state index < -0.39 is 0 Å². The monoisotopic (exact) mass is 341 g/mol. The zero-order valence-corrected chi connectivity index (χ0v) is 14.4. The average molecular weight is 341 g/mol. The van der Waals surface area contributed by atoms with Gasteiger partial charge in [0.05, 0.1) is 0 Å². The predicted octanol–water partition coefficient (Wildman–Crippen LogP) is 1.32. The third kappa shape index (κ3) is 3.18. The number of aryl methyl sites for hydroxylation is 1. The summed E-state index contributed by atoms with van der Waals surface area (Å²) >= 11 is 0. The number of carbonyl (C=O) groups excluding carboxylic acids is 1. The number of anilines is 1. The molecule has 1 saturated carbocycles. The van der Waals surface area contributed by atoms with Gasteiger partial charge in [-0.05, 0) is 37.8 Å². The van der Waals surface area contributed by atoms with Gasteiger partial charge in [-0.25, -0.2) is 4.98 Å². The van der Waals surface area contributed by atoms with Gasteiger partial charge in [-0.1, -0.05) is 0 Å². The van der Waals surface area contributed by atoms with Crippen LogP contribution in [0.3, 0.4) is 0 Å². The molecule has 7 heteroatoms. The third-order valence-electron chi connectivity index (χ3n) is 5.01. The Hall–Kier alpha value is -2.57. The molecule has 2 aromatic heterocycles. The minimum atomic E-state index is -0.0999. The van der Waals surface area contributed by atoms with E-state index in [1.54, 1.807) is 19.4 Å². The zero-order valence-electron chi connectivity index (χ0n) is 14.4. The highest BCUT2D eigenvalue weighted by Crippen LogP contribution is 2.36. The summed E-state index contributed by atoms with van der Waals surface area (Å²) in [5.41, 5.74) is 0.630. The summed E-state index contributed by atoms with van der Waals surface area (Å²) in [5, 5.41) is 3.14. The van der Waals surface area contributed by atoms with Crippen LogP contribution in [0.5, 0.6) is 0 Å². The van der Waals surface area contributed by atoms with Crippen LogP contribution in [0.15, 0.2) is 35.5 Å². The fraction of sp³-hybridized carbons (Fsp3) is 0.500. The van der Waals surface area contributed by atoms with Crippen molar-refractivity contribution in [1.82, 2.24) is 19.4 Å². The first kappa shape index (κ1) is 15.9. The zero-order chi connectivity index (χ0) is 17.4. The number of piperidine rings is 1. The van der Waals surface area contributed by atoms with Crippen LogP contribution in [-0.2, 0) is 7.05 Å². The predicted molar refractivity (Wildman–Crippen MR) is 94.9 cm³/mol. The highest BCUT2D eigenvalue weighted by atomic mass is 16.2. The molecule has 132 valence electrons. The second kappa shape index (κ2) is 6.38. The number of nitrogens with one attached hydrogen (secondary N) is 1. The molecular formula is C18H23N5O2. The second-order valence-electron chi connectivity index (χ2n) is 6.96. The van der Waals surface area contributed by atoms with Crippen LogP contribution in [0.2, 0.25) is 0 Å². The van der Waals surface area contributed by atoms with Gasteiger partial charge >= 0.3 is 0 Å². The Morgan fingerprint density at radius 1 is 1.28 bits per heavy atom. The van der Waals surface area contributed by atoms with E-state index in [9.17, 15) is 9.59 Å². The first-order valence-electron chi connectivity index (χ1n) is 8.88. The molecule has 0 radical (unpaired) electrons. The van der Waals surface area contributed by atoms with E-state index >= 15 is 0 Å². The van der Waals surface area contributed by atoms with Crippen molar-refractivity contribution in [2.45, 2.75) is 37.8 Å². The summed E-state index contributed by atoms with van der Waals surface area (Å²) < 4.78 is 3.61. The largest absolute Gasteiger partial charge is 0.350 e. The summed E-state index contributed by atoms with van der Waals surface area (Å²) in [6.07, 6.45) is 9.41. The fourth-order valence-corrected chi connectivity index (χ4v) is 3.51. The molecule has 0 aromatic carbocycles. The molecule has 0 bridgehead atoms. The van der Waals surface area contributed by atoms with Crippen molar-refractivity contribution in [2.24, 2.45) is 7.05 Å². The molecule has 1 amide bonds.